The third-order valence-electron chi connectivity index (χ3n) is 3.02. The number of hydrogen-bond acceptors (Lipinski definition) is 4. The van der Waals surface area contributed by atoms with Crippen molar-refractivity contribution in [3.8, 4) is 16.9 Å². The zero-order valence-corrected chi connectivity index (χ0v) is 16.0. The maximum atomic E-state index is 10.7. The summed E-state index contributed by atoms with van der Waals surface area (Å²) in [5.74, 6) is 0.280. The van der Waals surface area contributed by atoms with Crippen molar-refractivity contribution in [3.05, 3.63) is 84.9 Å². The summed E-state index contributed by atoms with van der Waals surface area (Å²) in [6.45, 7) is 0. The average Bonchev–Trinajstić information content (AvgIpc) is 2.65. The van der Waals surface area contributed by atoms with Crippen LogP contribution in [0.5, 0.6) is 5.75 Å². The zero-order valence-electron chi connectivity index (χ0n) is 14.3. The summed E-state index contributed by atoms with van der Waals surface area (Å²) in [6.07, 6.45) is 0. The van der Waals surface area contributed by atoms with E-state index < -0.39 is 15.6 Å². The molecule has 0 saturated heterocycles. The first-order valence-electron chi connectivity index (χ1n) is 7.63. The van der Waals surface area contributed by atoms with Crippen LogP contribution < -0.4 is 0 Å². The lowest BCUT2D eigenvalue weighted by Gasteiger charge is -1.98. The van der Waals surface area contributed by atoms with Crippen molar-refractivity contribution in [2.45, 2.75) is 10.4 Å². The summed E-state index contributed by atoms with van der Waals surface area (Å²) < 4.78 is 57.5. The first kappa shape index (κ1) is 23.5. The molecule has 0 heterocycles. The summed E-state index contributed by atoms with van der Waals surface area (Å²) in [6, 6.07) is 27.4. The monoisotopic (exact) mass is 430 g/mol. The van der Waals surface area contributed by atoms with Gasteiger partial charge in [-0.05, 0) is 35.4 Å². The summed E-state index contributed by atoms with van der Waals surface area (Å²) in [5, 5.41) is 8.72. The van der Waals surface area contributed by atoms with Crippen molar-refractivity contribution in [1.29, 1.82) is 0 Å². The van der Waals surface area contributed by atoms with Gasteiger partial charge in [-0.15, -0.1) is 12.6 Å². The van der Waals surface area contributed by atoms with Gasteiger partial charge in [-0.3, -0.25) is 4.55 Å². The molecule has 0 amide bonds. The normalized spacial score (nSPS) is 10.8. The lowest BCUT2D eigenvalue weighted by atomic mass is 10.1. The van der Waals surface area contributed by atoms with E-state index >= 15 is 0 Å². The Morgan fingerprint density at radius 3 is 1.29 bits per heavy atom. The number of phenolic OH excluding ortho intramolecular Hbond substituents is 1. The maximum absolute atomic E-state index is 10.7. The number of alkyl halides is 3. The van der Waals surface area contributed by atoms with Crippen LogP contribution in [0.25, 0.3) is 11.1 Å². The fourth-order valence-electron chi connectivity index (χ4n) is 1.71. The molecule has 0 fully saturated rings. The van der Waals surface area contributed by atoms with Gasteiger partial charge in [0.05, 0.1) is 0 Å². The van der Waals surface area contributed by atoms with Crippen molar-refractivity contribution in [2.24, 2.45) is 0 Å². The molecule has 3 aromatic carbocycles. The zero-order chi connectivity index (χ0) is 21.2. The Labute approximate surface area is 166 Å². The molecule has 0 saturated carbocycles. The second-order valence-electron chi connectivity index (χ2n) is 5.17. The fourth-order valence-corrected chi connectivity index (χ4v) is 1.86. The molecule has 0 unspecified atom stereocenters. The van der Waals surface area contributed by atoms with E-state index in [4.69, 9.17) is 18.1 Å². The van der Waals surface area contributed by atoms with Crippen LogP contribution in [0.1, 0.15) is 0 Å². The van der Waals surface area contributed by atoms with E-state index in [9.17, 15) is 13.2 Å². The summed E-state index contributed by atoms with van der Waals surface area (Å²) >= 11 is 4.02. The van der Waals surface area contributed by atoms with Gasteiger partial charge in [0.1, 0.15) is 5.75 Å². The molecule has 3 rings (SSSR count). The number of phenols is 1. The predicted molar refractivity (Wildman–Crippen MR) is 105 cm³/mol. The number of aromatic hydroxyl groups is 1. The van der Waals surface area contributed by atoms with E-state index in [-0.39, 0.29) is 5.75 Å². The van der Waals surface area contributed by atoms with E-state index in [2.05, 4.69) is 61.2 Å². The number of hydrogen-bond donors (Lipinski definition) is 3. The Bertz CT molecular complexity index is 870. The van der Waals surface area contributed by atoms with E-state index in [1.54, 1.807) is 24.3 Å². The van der Waals surface area contributed by atoms with Crippen molar-refractivity contribution in [1.82, 2.24) is 0 Å². The van der Waals surface area contributed by atoms with E-state index in [1.807, 2.05) is 12.1 Å². The highest BCUT2D eigenvalue weighted by molar-refractivity contribution is 7.86. The molecule has 2 N–H and O–H groups in total. The minimum absolute atomic E-state index is 0.280. The Kier molecular flexibility index (Phi) is 9.04. The highest BCUT2D eigenvalue weighted by Crippen LogP contribution is 2.20. The summed E-state index contributed by atoms with van der Waals surface area (Å²) in [4.78, 5) is 0.864. The Hall–Kier alpha value is -2.49. The van der Waals surface area contributed by atoms with Gasteiger partial charge >= 0.3 is 15.6 Å². The molecular formula is C19H17F3O4S2. The number of benzene rings is 3. The minimum Gasteiger partial charge on any atom is -0.508 e. The molecule has 9 heteroatoms. The molecule has 0 aliphatic carbocycles. The third kappa shape index (κ3) is 8.94. The minimum atomic E-state index is -5.84. The molecule has 0 radical (unpaired) electrons. The molecule has 4 nitrogen and oxygen atoms in total. The van der Waals surface area contributed by atoms with E-state index in [0.29, 0.717) is 0 Å². The highest BCUT2D eigenvalue weighted by Gasteiger charge is 2.44. The van der Waals surface area contributed by atoms with Crippen LogP contribution in [0.4, 0.5) is 13.2 Å². The smallest absolute Gasteiger partial charge is 0.508 e. The van der Waals surface area contributed by atoms with Crippen LogP contribution >= 0.6 is 12.6 Å². The molecule has 150 valence electrons. The fraction of sp³-hybridized carbons (Fsp3) is 0.0526. The standard InChI is InChI=1S/C12H10.C6H6OS.CHF3O3S/c1-3-7-11(8-4-1)12-9-5-2-6-10-12;7-5-1-3-6(8)4-2-5;2-1(3,4)8(5,6)7/h1-10H;1-4,7-8H;(H,5,6,7). The first-order chi connectivity index (χ1) is 13.0. The average molecular weight is 430 g/mol. The second-order valence-corrected chi connectivity index (χ2v) is 7.10. The molecule has 0 spiro atoms. The molecule has 28 heavy (non-hydrogen) atoms. The van der Waals surface area contributed by atoms with Crippen molar-refractivity contribution < 1.29 is 31.2 Å². The predicted octanol–water partition coefficient (Wildman–Crippen LogP) is 5.43. The van der Waals surface area contributed by atoms with Crippen molar-refractivity contribution >= 4 is 22.7 Å². The Balaban J connectivity index is 0.000000219. The Morgan fingerprint density at radius 1 is 0.714 bits per heavy atom. The number of rotatable bonds is 1. The highest BCUT2D eigenvalue weighted by atomic mass is 32.2. The van der Waals surface area contributed by atoms with Gasteiger partial charge in [-0.2, -0.15) is 21.6 Å². The van der Waals surface area contributed by atoms with Crippen molar-refractivity contribution in [3.63, 3.8) is 0 Å². The van der Waals surface area contributed by atoms with E-state index in [0.717, 1.165) is 4.90 Å². The van der Waals surface area contributed by atoms with Crippen LogP contribution in [0, 0.1) is 0 Å². The van der Waals surface area contributed by atoms with Gasteiger partial charge in [-0.1, -0.05) is 60.7 Å². The summed E-state index contributed by atoms with van der Waals surface area (Å²) in [5.41, 5.74) is -2.98. The third-order valence-corrected chi connectivity index (χ3v) is 3.91. The molecule has 0 aliphatic heterocycles. The van der Waals surface area contributed by atoms with Gasteiger partial charge in [0, 0.05) is 4.90 Å². The molecule has 3 aromatic rings. The van der Waals surface area contributed by atoms with Gasteiger partial charge in [0.25, 0.3) is 0 Å². The summed E-state index contributed by atoms with van der Waals surface area (Å²) in [7, 11) is -5.84. The van der Waals surface area contributed by atoms with Crippen LogP contribution in [-0.4, -0.2) is 23.6 Å². The van der Waals surface area contributed by atoms with Crippen LogP contribution in [0.2, 0.25) is 0 Å². The van der Waals surface area contributed by atoms with Gasteiger partial charge in [0.15, 0.2) is 0 Å². The van der Waals surface area contributed by atoms with Crippen LogP contribution in [-0.2, 0) is 10.1 Å². The van der Waals surface area contributed by atoms with Gasteiger partial charge < -0.3 is 5.11 Å². The van der Waals surface area contributed by atoms with E-state index in [1.165, 1.54) is 11.1 Å². The quantitative estimate of drug-likeness (QED) is 0.273. The first-order valence-corrected chi connectivity index (χ1v) is 9.51. The number of thiol groups is 1. The lowest BCUT2D eigenvalue weighted by molar-refractivity contribution is -0.0510. The number of halogens is 3. The van der Waals surface area contributed by atoms with Crippen LogP contribution in [0.15, 0.2) is 89.8 Å². The lowest BCUT2D eigenvalue weighted by Crippen LogP contribution is -2.21. The van der Waals surface area contributed by atoms with Gasteiger partial charge in [0.2, 0.25) is 0 Å². The van der Waals surface area contributed by atoms with Gasteiger partial charge in [-0.25, -0.2) is 0 Å². The van der Waals surface area contributed by atoms with Crippen LogP contribution in [0.3, 0.4) is 0 Å². The molecular weight excluding hydrogens is 413 g/mol. The Morgan fingerprint density at radius 2 is 1.04 bits per heavy atom. The molecule has 0 aromatic heterocycles. The SMILES string of the molecule is O=S(=O)(O)C(F)(F)F.Oc1ccc(S)cc1.c1ccc(-c2ccccc2)cc1. The van der Waals surface area contributed by atoms with Crippen molar-refractivity contribution in [2.75, 3.05) is 0 Å². The maximum Gasteiger partial charge on any atom is 0.522 e. The largest absolute Gasteiger partial charge is 0.522 e. The molecule has 0 atom stereocenters. The molecule has 0 aliphatic rings. The second kappa shape index (κ2) is 10.7. The molecule has 0 bridgehead atoms. The topological polar surface area (TPSA) is 74.6 Å².